The van der Waals surface area contributed by atoms with Crippen LogP contribution in [0.15, 0.2) is 42.5 Å². The molecule has 3 rings (SSSR count). The van der Waals surface area contributed by atoms with Crippen molar-refractivity contribution < 1.29 is 19.0 Å². The maximum atomic E-state index is 12.5. The fourth-order valence-electron chi connectivity index (χ4n) is 3.57. The van der Waals surface area contributed by atoms with Crippen LogP contribution in [0, 0.1) is 5.92 Å². The molecule has 0 saturated heterocycles. The summed E-state index contributed by atoms with van der Waals surface area (Å²) in [5.41, 5.74) is 2.27. The predicted octanol–water partition coefficient (Wildman–Crippen LogP) is 3.96. The van der Waals surface area contributed by atoms with E-state index in [-0.39, 0.29) is 11.8 Å². The van der Waals surface area contributed by atoms with E-state index in [9.17, 15) is 4.79 Å². The molecule has 1 aliphatic carbocycles. The number of methoxy groups -OCH3 is 3. The topological polar surface area (TPSA) is 56.8 Å². The standard InChI is InChI=1S/C23H29NO4/c1-26-19-9-6-17(7-10-19)21(16-4-5-16)15-23(25)24-13-12-18-8-11-20(27-2)14-22(18)28-3/h6-11,14,16,21H,4-5,12-13,15H2,1-3H3,(H,24,25). The molecular weight excluding hydrogens is 354 g/mol. The smallest absolute Gasteiger partial charge is 0.220 e. The Kier molecular flexibility index (Phi) is 6.80. The zero-order valence-corrected chi connectivity index (χ0v) is 16.9. The Labute approximate surface area is 167 Å². The third kappa shape index (κ3) is 5.18. The van der Waals surface area contributed by atoms with Gasteiger partial charge >= 0.3 is 0 Å². The van der Waals surface area contributed by atoms with Crippen molar-refractivity contribution in [3.8, 4) is 17.2 Å². The quantitative estimate of drug-likeness (QED) is 0.675. The number of benzene rings is 2. The van der Waals surface area contributed by atoms with Crippen LogP contribution in [0.1, 0.15) is 36.3 Å². The molecule has 0 aliphatic heterocycles. The number of nitrogens with one attached hydrogen (secondary N) is 1. The van der Waals surface area contributed by atoms with Crippen molar-refractivity contribution in [2.45, 2.75) is 31.6 Å². The minimum Gasteiger partial charge on any atom is -0.497 e. The highest BCUT2D eigenvalue weighted by Crippen LogP contribution is 2.44. The van der Waals surface area contributed by atoms with Crippen LogP contribution < -0.4 is 19.5 Å². The molecule has 0 spiro atoms. The SMILES string of the molecule is COc1ccc(C(CC(=O)NCCc2ccc(OC)cc2OC)C2CC2)cc1. The zero-order valence-electron chi connectivity index (χ0n) is 16.9. The number of ether oxygens (including phenoxy) is 3. The van der Waals surface area contributed by atoms with E-state index in [1.165, 1.54) is 18.4 Å². The van der Waals surface area contributed by atoms with Gasteiger partial charge in [-0.1, -0.05) is 18.2 Å². The van der Waals surface area contributed by atoms with E-state index >= 15 is 0 Å². The van der Waals surface area contributed by atoms with Crippen LogP contribution in [0.4, 0.5) is 0 Å². The van der Waals surface area contributed by atoms with Crippen LogP contribution in [0.3, 0.4) is 0 Å². The summed E-state index contributed by atoms with van der Waals surface area (Å²) in [6.45, 7) is 0.585. The lowest BCUT2D eigenvalue weighted by Gasteiger charge is -2.17. The molecule has 0 heterocycles. The third-order valence-corrected chi connectivity index (χ3v) is 5.35. The van der Waals surface area contributed by atoms with E-state index in [0.717, 1.165) is 29.2 Å². The van der Waals surface area contributed by atoms with Crippen LogP contribution in [0.5, 0.6) is 17.2 Å². The highest BCUT2D eigenvalue weighted by atomic mass is 16.5. The summed E-state index contributed by atoms with van der Waals surface area (Å²) in [4.78, 5) is 12.5. The summed E-state index contributed by atoms with van der Waals surface area (Å²) in [6, 6.07) is 13.9. The monoisotopic (exact) mass is 383 g/mol. The molecule has 0 bridgehead atoms. The first-order chi connectivity index (χ1) is 13.6. The lowest BCUT2D eigenvalue weighted by atomic mass is 9.90. The Balaban J connectivity index is 1.54. The van der Waals surface area contributed by atoms with Crippen molar-refractivity contribution >= 4 is 5.91 Å². The van der Waals surface area contributed by atoms with Crippen molar-refractivity contribution in [2.24, 2.45) is 5.92 Å². The van der Waals surface area contributed by atoms with Gasteiger partial charge in [0, 0.05) is 19.0 Å². The molecule has 1 unspecified atom stereocenters. The summed E-state index contributed by atoms with van der Waals surface area (Å²) in [6.07, 6.45) is 3.65. The molecular formula is C23H29NO4. The van der Waals surface area contributed by atoms with Crippen molar-refractivity contribution in [3.63, 3.8) is 0 Å². The second-order valence-corrected chi connectivity index (χ2v) is 7.20. The third-order valence-electron chi connectivity index (χ3n) is 5.35. The first kappa shape index (κ1) is 20.1. The van der Waals surface area contributed by atoms with Gasteiger partial charge in [0.1, 0.15) is 17.2 Å². The maximum absolute atomic E-state index is 12.5. The molecule has 5 heteroatoms. The molecule has 1 saturated carbocycles. The fourth-order valence-corrected chi connectivity index (χ4v) is 3.57. The normalized spacial score (nSPS) is 14.2. The average Bonchev–Trinajstić information content (AvgIpc) is 3.57. The van der Waals surface area contributed by atoms with Crippen LogP contribution in [-0.2, 0) is 11.2 Å². The molecule has 1 amide bonds. The van der Waals surface area contributed by atoms with Gasteiger partial charge in [0.15, 0.2) is 0 Å². The largest absolute Gasteiger partial charge is 0.497 e. The first-order valence-electron chi connectivity index (χ1n) is 9.76. The number of carbonyl (C=O) groups is 1. The first-order valence-corrected chi connectivity index (χ1v) is 9.76. The number of amides is 1. The summed E-state index contributed by atoms with van der Waals surface area (Å²) >= 11 is 0. The predicted molar refractivity (Wildman–Crippen MR) is 109 cm³/mol. The minimum absolute atomic E-state index is 0.0974. The van der Waals surface area contributed by atoms with Gasteiger partial charge < -0.3 is 19.5 Å². The van der Waals surface area contributed by atoms with Crippen molar-refractivity contribution in [1.82, 2.24) is 5.32 Å². The minimum atomic E-state index is 0.0974. The van der Waals surface area contributed by atoms with E-state index in [2.05, 4.69) is 17.4 Å². The Hall–Kier alpha value is -2.69. The molecule has 28 heavy (non-hydrogen) atoms. The van der Waals surface area contributed by atoms with Crippen LogP contribution >= 0.6 is 0 Å². The molecule has 1 fully saturated rings. The van der Waals surface area contributed by atoms with Crippen molar-refractivity contribution in [1.29, 1.82) is 0 Å². The van der Waals surface area contributed by atoms with Gasteiger partial charge in [0.2, 0.25) is 5.91 Å². The van der Waals surface area contributed by atoms with Gasteiger partial charge in [-0.05, 0) is 60.4 Å². The number of hydrogen-bond acceptors (Lipinski definition) is 4. The van der Waals surface area contributed by atoms with E-state index in [0.29, 0.717) is 18.9 Å². The van der Waals surface area contributed by atoms with E-state index in [1.54, 1.807) is 21.3 Å². The number of hydrogen-bond donors (Lipinski definition) is 1. The Morgan fingerprint density at radius 1 is 1.00 bits per heavy atom. The van der Waals surface area contributed by atoms with Crippen LogP contribution in [-0.4, -0.2) is 33.8 Å². The molecule has 1 atom stereocenters. The highest BCUT2D eigenvalue weighted by molar-refractivity contribution is 5.77. The molecule has 150 valence electrons. The lowest BCUT2D eigenvalue weighted by molar-refractivity contribution is -0.121. The number of rotatable bonds is 10. The Morgan fingerprint density at radius 2 is 1.68 bits per heavy atom. The molecule has 0 radical (unpaired) electrons. The lowest BCUT2D eigenvalue weighted by Crippen LogP contribution is -2.27. The summed E-state index contributed by atoms with van der Waals surface area (Å²) < 4.78 is 15.9. The molecule has 0 aromatic heterocycles. The van der Waals surface area contributed by atoms with E-state index in [1.807, 2.05) is 30.3 Å². The molecule has 5 nitrogen and oxygen atoms in total. The Morgan fingerprint density at radius 3 is 2.29 bits per heavy atom. The fraction of sp³-hybridized carbons (Fsp3) is 0.435. The van der Waals surface area contributed by atoms with Crippen molar-refractivity contribution in [3.05, 3.63) is 53.6 Å². The van der Waals surface area contributed by atoms with Crippen LogP contribution in [0.25, 0.3) is 0 Å². The second kappa shape index (κ2) is 9.49. The van der Waals surface area contributed by atoms with Gasteiger partial charge in [-0.15, -0.1) is 0 Å². The molecule has 1 N–H and O–H groups in total. The van der Waals surface area contributed by atoms with Gasteiger partial charge in [-0.25, -0.2) is 0 Å². The maximum Gasteiger partial charge on any atom is 0.220 e. The summed E-state index contributed by atoms with van der Waals surface area (Å²) in [7, 11) is 4.94. The summed E-state index contributed by atoms with van der Waals surface area (Å²) in [5.74, 6) is 3.37. The van der Waals surface area contributed by atoms with Gasteiger partial charge in [0.05, 0.1) is 21.3 Å². The molecule has 2 aromatic carbocycles. The highest BCUT2D eigenvalue weighted by Gasteiger charge is 2.33. The van der Waals surface area contributed by atoms with E-state index < -0.39 is 0 Å². The molecule has 1 aliphatic rings. The van der Waals surface area contributed by atoms with Gasteiger partial charge in [-0.2, -0.15) is 0 Å². The Bertz CT molecular complexity index is 784. The van der Waals surface area contributed by atoms with E-state index in [4.69, 9.17) is 14.2 Å². The van der Waals surface area contributed by atoms with Gasteiger partial charge in [-0.3, -0.25) is 4.79 Å². The van der Waals surface area contributed by atoms with Crippen molar-refractivity contribution in [2.75, 3.05) is 27.9 Å². The molecule has 2 aromatic rings. The number of carbonyl (C=O) groups excluding carboxylic acids is 1. The van der Waals surface area contributed by atoms with Gasteiger partial charge in [0.25, 0.3) is 0 Å². The van der Waals surface area contributed by atoms with Crippen LogP contribution in [0.2, 0.25) is 0 Å². The zero-order chi connectivity index (χ0) is 19.9. The second-order valence-electron chi connectivity index (χ2n) is 7.20. The summed E-state index contributed by atoms with van der Waals surface area (Å²) in [5, 5.41) is 3.07. The average molecular weight is 383 g/mol.